The Bertz CT molecular complexity index is 783. The van der Waals surface area contributed by atoms with Crippen molar-refractivity contribution in [2.75, 3.05) is 18.1 Å². The molecule has 1 N–H and O–H groups in total. The summed E-state index contributed by atoms with van der Waals surface area (Å²) in [6, 6.07) is 14.8. The fraction of sp³-hybridized carbons (Fsp3) is 0.300. The average Bonchev–Trinajstić information content (AvgIpc) is 3.00. The molecule has 0 saturated carbocycles. The van der Waals surface area contributed by atoms with Crippen LogP contribution in [0.4, 0.5) is 5.69 Å². The smallest absolute Gasteiger partial charge is 0.312 e. The summed E-state index contributed by atoms with van der Waals surface area (Å²) in [5.74, 6) is -0.799. The molecule has 130 valence electrons. The number of fused-ring (bicyclic) bond motifs is 1. The van der Waals surface area contributed by atoms with Crippen molar-refractivity contribution in [2.45, 2.75) is 25.7 Å². The van der Waals surface area contributed by atoms with E-state index in [1.807, 2.05) is 24.3 Å². The number of nitrogens with zero attached hydrogens (tertiary/aromatic N) is 1. The minimum Gasteiger partial charge on any atom is -0.484 e. The van der Waals surface area contributed by atoms with E-state index in [-0.39, 0.29) is 19.1 Å². The monoisotopic (exact) mass is 339 g/mol. The predicted molar refractivity (Wildman–Crippen MR) is 95.2 cm³/mol. The first-order valence-electron chi connectivity index (χ1n) is 8.32. The van der Waals surface area contributed by atoms with Crippen LogP contribution in [0, 0.1) is 0 Å². The predicted octanol–water partition coefficient (Wildman–Crippen LogP) is 3.40. The second-order valence-electron chi connectivity index (χ2n) is 6.47. The standard InChI is InChI=1S/C20H21NO4/c1-13(2)14-7-9-15(10-8-14)25-12-19(22)21-11-17(20(23)24)16-5-3-4-6-18(16)21/h3-10,13,17H,11-12H2,1-2H3,(H,23,24). The SMILES string of the molecule is CC(C)c1ccc(OCC(=O)N2CC(C(=O)O)c3ccccc32)cc1. The van der Waals surface area contributed by atoms with Gasteiger partial charge in [-0.15, -0.1) is 0 Å². The molecular formula is C20H21NO4. The minimum atomic E-state index is -0.923. The maximum Gasteiger partial charge on any atom is 0.312 e. The van der Waals surface area contributed by atoms with Gasteiger partial charge in [0, 0.05) is 12.2 Å². The zero-order valence-electron chi connectivity index (χ0n) is 14.3. The van der Waals surface area contributed by atoms with E-state index in [9.17, 15) is 14.7 Å². The van der Waals surface area contributed by atoms with Crippen molar-refractivity contribution >= 4 is 17.6 Å². The van der Waals surface area contributed by atoms with E-state index in [4.69, 9.17) is 4.74 Å². The lowest BCUT2D eigenvalue weighted by Crippen LogP contribution is -2.35. The number of carbonyl (C=O) groups excluding carboxylic acids is 1. The lowest BCUT2D eigenvalue weighted by molar-refractivity contribution is -0.138. The number of carboxylic acid groups (broad SMARTS) is 1. The second-order valence-corrected chi connectivity index (χ2v) is 6.47. The van der Waals surface area contributed by atoms with Crippen molar-refractivity contribution in [2.24, 2.45) is 0 Å². The number of amides is 1. The van der Waals surface area contributed by atoms with E-state index in [2.05, 4.69) is 13.8 Å². The number of hydrogen-bond donors (Lipinski definition) is 1. The Morgan fingerprint density at radius 3 is 2.48 bits per heavy atom. The van der Waals surface area contributed by atoms with Gasteiger partial charge in [0.15, 0.2) is 6.61 Å². The van der Waals surface area contributed by atoms with Crippen molar-refractivity contribution in [3.05, 3.63) is 59.7 Å². The third-order valence-corrected chi connectivity index (χ3v) is 4.48. The van der Waals surface area contributed by atoms with E-state index in [1.165, 1.54) is 10.5 Å². The van der Waals surface area contributed by atoms with Gasteiger partial charge in [0.1, 0.15) is 11.7 Å². The summed E-state index contributed by atoms with van der Waals surface area (Å²) in [5, 5.41) is 9.37. The molecule has 0 fully saturated rings. The molecule has 1 amide bonds. The molecule has 25 heavy (non-hydrogen) atoms. The van der Waals surface area contributed by atoms with Crippen LogP contribution in [0.5, 0.6) is 5.75 Å². The van der Waals surface area contributed by atoms with Gasteiger partial charge in [0.05, 0.1) is 0 Å². The first-order chi connectivity index (χ1) is 12.0. The number of benzene rings is 2. The van der Waals surface area contributed by atoms with Crippen LogP contribution >= 0.6 is 0 Å². The first kappa shape index (κ1) is 17.0. The van der Waals surface area contributed by atoms with E-state index >= 15 is 0 Å². The molecule has 0 saturated heterocycles. The van der Waals surface area contributed by atoms with E-state index in [0.717, 1.165) is 0 Å². The molecule has 5 nitrogen and oxygen atoms in total. The Hall–Kier alpha value is -2.82. The molecule has 2 aromatic carbocycles. The van der Waals surface area contributed by atoms with E-state index in [1.54, 1.807) is 24.3 Å². The van der Waals surface area contributed by atoms with Gasteiger partial charge in [0.2, 0.25) is 0 Å². The van der Waals surface area contributed by atoms with Crippen LogP contribution in [-0.4, -0.2) is 30.1 Å². The van der Waals surface area contributed by atoms with Crippen molar-refractivity contribution < 1.29 is 19.4 Å². The highest BCUT2D eigenvalue weighted by Gasteiger charge is 2.36. The first-order valence-corrected chi connectivity index (χ1v) is 8.32. The molecule has 1 unspecified atom stereocenters. The van der Waals surface area contributed by atoms with Crippen LogP contribution in [0.15, 0.2) is 48.5 Å². The maximum absolute atomic E-state index is 12.5. The largest absolute Gasteiger partial charge is 0.484 e. The summed E-state index contributed by atoms with van der Waals surface area (Å²) in [4.78, 5) is 25.5. The Balaban J connectivity index is 1.68. The molecule has 1 aliphatic heterocycles. The fourth-order valence-electron chi connectivity index (χ4n) is 3.03. The number of aliphatic carboxylic acids is 1. The van der Waals surface area contributed by atoms with Gasteiger partial charge in [-0.3, -0.25) is 9.59 Å². The Labute approximate surface area is 146 Å². The number of rotatable bonds is 5. The molecule has 1 heterocycles. The minimum absolute atomic E-state index is 0.123. The average molecular weight is 339 g/mol. The number of para-hydroxylation sites is 1. The highest BCUT2D eigenvalue weighted by atomic mass is 16.5. The number of carboxylic acids is 1. The molecule has 0 aromatic heterocycles. The fourth-order valence-corrected chi connectivity index (χ4v) is 3.03. The van der Waals surface area contributed by atoms with Gasteiger partial charge < -0.3 is 14.7 Å². The molecular weight excluding hydrogens is 318 g/mol. The topological polar surface area (TPSA) is 66.8 Å². The second kappa shape index (κ2) is 6.97. The van der Waals surface area contributed by atoms with Crippen LogP contribution in [0.1, 0.15) is 36.8 Å². The van der Waals surface area contributed by atoms with Crippen LogP contribution in [0.3, 0.4) is 0 Å². The summed E-state index contributed by atoms with van der Waals surface area (Å²) in [5.41, 5.74) is 2.53. The van der Waals surface area contributed by atoms with E-state index < -0.39 is 11.9 Å². The molecule has 5 heteroatoms. The summed E-state index contributed by atoms with van der Waals surface area (Å²) in [6.45, 7) is 4.25. The number of hydrogen-bond acceptors (Lipinski definition) is 3. The van der Waals surface area contributed by atoms with Gasteiger partial charge >= 0.3 is 5.97 Å². The van der Waals surface area contributed by atoms with Crippen molar-refractivity contribution in [1.82, 2.24) is 0 Å². The summed E-state index contributed by atoms with van der Waals surface area (Å²) in [6.07, 6.45) is 0. The normalized spacial score (nSPS) is 16.0. The Morgan fingerprint density at radius 1 is 1.16 bits per heavy atom. The third kappa shape index (κ3) is 3.50. The van der Waals surface area contributed by atoms with Gasteiger partial charge in [-0.05, 0) is 35.2 Å². The molecule has 1 aliphatic rings. The third-order valence-electron chi connectivity index (χ3n) is 4.48. The summed E-state index contributed by atoms with van der Waals surface area (Å²) in [7, 11) is 0. The molecule has 0 radical (unpaired) electrons. The van der Waals surface area contributed by atoms with Gasteiger partial charge in [-0.1, -0.05) is 44.2 Å². The van der Waals surface area contributed by atoms with Gasteiger partial charge in [-0.2, -0.15) is 0 Å². The van der Waals surface area contributed by atoms with Crippen molar-refractivity contribution in [1.29, 1.82) is 0 Å². The van der Waals surface area contributed by atoms with Crippen LogP contribution in [0.2, 0.25) is 0 Å². The molecule has 3 rings (SSSR count). The van der Waals surface area contributed by atoms with Gasteiger partial charge in [0.25, 0.3) is 5.91 Å². The zero-order chi connectivity index (χ0) is 18.0. The Kier molecular flexibility index (Phi) is 4.74. The number of carbonyl (C=O) groups is 2. The maximum atomic E-state index is 12.5. The lowest BCUT2D eigenvalue weighted by atomic mass is 10.0. The van der Waals surface area contributed by atoms with Crippen molar-refractivity contribution in [3.63, 3.8) is 0 Å². The quantitative estimate of drug-likeness (QED) is 0.906. The lowest BCUT2D eigenvalue weighted by Gasteiger charge is -2.18. The van der Waals surface area contributed by atoms with Crippen LogP contribution in [-0.2, 0) is 9.59 Å². The van der Waals surface area contributed by atoms with Crippen LogP contribution < -0.4 is 9.64 Å². The molecule has 2 aromatic rings. The Morgan fingerprint density at radius 2 is 1.84 bits per heavy atom. The molecule has 0 spiro atoms. The van der Waals surface area contributed by atoms with E-state index in [0.29, 0.717) is 22.9 Å². The molecule has 1 atom stereocenters. The highest BCUT2D eigenvalue weighted by Crippen LogP contribution is 2.36. The van der Waals surface area contributed by atoms with Crippen molar-refractivity contribution in [3.8, 4) is 5.75 Å². The number of anilines is 1. The zero-order valence-corrected chi connectivity index (χ0v) is 14.3. The molecule has 0 aliphatic carbocycles. The molecule has 0 bridgehead atoms. The summed E-state index contributed by atoms with van der Waals surface area (Å²) < 4.78 is 5.59. The van der Waals surface area contributed by atoms with Crippen LogP contribution in [0.25, 0.3) is 0 Å². The summed E-state index contributed by atoms with van der Waals surface area (Å²) >= 11 is 0. The highest BCUT2D eigenvalue weighted by molar-refractivity contribution is 5.99. The number of ether oxygens (including phenoxy) is 1. The van der Waals surface area contributed by atoms with Gasteiger partial charge in [-0.25, -0.2) is 0 Å².